The summed E-state index contributed by atoms with van der Waals surface area (Å²) in [5, 5.41) is 2.64. The predicted octanol–water partition coefficient (Wildman–Crippen LogP) is 1.58. The topological polar surface area (TPSA) is 89.3 Å². The Morgan fingerprint density at radius 1 is 1.15 bits per heavy atom. The molecule has 0 saturated heterocycles. The maximum Gasteiger partial charge on any atom is 0.237 e. The van der Waals surface area contributed by atoms with Crippen molar-refractivity contribution in [1.82, 2.24) is 5.32 Å². The molecule has 1 amide bonds. The van der Waals surface area contributed by atoms with Crippen molar-refractivity contribution in [3.05, 3.63) is 0 Å². The molecule has 5 nitrogen and oxygen atoms in total. The lowest BCUT2D eigenvalue weighted by molar-refractivity contribution is -0.139. The van der Waals surface area contributed by atoms with Crippen LogP contribution >= 0.6 is 0 Å². The second-order valence-electron chi connectivity index (χ2n) is 5.58. The van der Waals surface area contributed by atoms with Gasteiger partial charge in [-0.1, -0.05) is 40.5 Å². The Hall–Kier alpha value is -1.23. The van der Waals surface area contributed by atoms with Gasteiger partial charge in [0.05, 0.1) is 12.1 Å². The number of rotatable bonds is 10. The minimum absolute atomic E-state index is 0.162. The van der Waals surface area contributed by atoms with Gasteiger partial charge in [-0.3, -0.25) is 14.4 Å². The largest absolute Gasteiger partial charge is 0.344 e. The first-order valence-electron chi connectivity index (χ1n) is 7.46. The summed E-state index contributed by atoms with van der Waals surface area (Å²) in [5.41, 5.74) is 5.80. The van der Waals surface area contributed by atoms with E-state index < -0.39 is 23.7 Å². The van der Waals surface area contributed by atoms with Gasteiger partial charge in [-0.2, -0.15) is 0 Å². The number of Topliss-reactive ketones (excluding diaryl/α,β-unsaturated/α-hetero) is 2. The third-order valence-electron chi connectivity index (χ3n) is 3.14. The standard InChI is InChI=1S/C15H28N2O3/c1-5-7-8-12(14(19)13(18)6-2)17-15(20)11(16)9-10(3)4/h10-12H,5-9,16H2,1-4H3,(H,17,20)/t11-,12?/m0/s1. The maximum absolute atomic E-state index is 12.0. The van der Waals surface area contributed by atoms with Crippen LogP contribution < -0.4 is 11.1 Å². The fraction of sp³-hybridized carbons (Fsp3) is 0.800. The molecular formula is C15H28N2O3. The summed E-state index contributed by atoms with van der Waals surface area (Å²) in [4.78, 5) is 35.4. The minimum Gasteiger partial charge on any atom is -0.344 e. The van der Waals surface area contributed by atoms with Crippen LogP contribution in [0.3, 0.4) is 0 Å². The van der Waals surface area contributed by atoms with Crippen molar-refractivity contribution >= 4 is 17.5 Å². The highest BCUT2D eigenvalue weighted by atomic mass is 16.2. The Kier molecular flexibility index (Phi) is 9.05. The van der Waals surface area contributed by atoms with E-state index in [4.69, 9.17) is 5.73 Å². The van der Waals surface area contributed by atoms with Crippen LogP contribution in [0.15, 0.2) is 0 Å². The van der Waals surface area contributed by atoms with Gasteiger partial charge in [0.2, 0.25) is 11.7 Å². The number of hydrogen-bond donors (Lipinski definition) is 2. The van der Waals surface area contributed by atoms with Crippen LogP contribution in [0, 0.1) is 5.92 Å². The van der Waals surface area contributed by atoms with E-state index in [0.29, 0.717) is 18.8 Å². The Balaban J connectivity index is 4.67. The molecular weight excluding hydrogens is 256 g/mol. The molecule has 0 rings (SSSR count). The molecule has 0 saturated carbocycles. The van der Waals surface area contributed by atoms with E-state index in [1.54, 1.807) is 6.92 Å². The summed E-state index contributed by atoms with van der Waals surface area (Å²) in [6, 6.07) is -1.36. The second-order valence-corrected chi connectivity index (χ2v) is 5.58. The summed E-state index contributed by atoms with van der Waals surface area (Å²) >= 11 is 0. The lowest BCUT2D eigenvalue weighted by Crippen LogP contribution is -2.50. The molecule has 1 unspecified atom stereocenters. The summed E-state index contributed by atoms with van der Waals surface area (Å²) in [5.74, 6) is -0.996. The van der Waals surface area contributed by atoms with E-state index >= 15 is 0 Å². The molecule has 3 N–H and O–H groups in total. The van der Waals surface area contributed by atoms with Gasteiger partial charge >= 0.3 is 0 Å². The highest BCUT2D eigenvalue weighted by Crippen LogP contribution is 2.07. The Bertz CT molecular complexity index is 340. The van der Waals surface area contributed by atoms with Gasteiger partial charge in [-0.15, -0.1) is 0 Å². The van der Waals surface area contributed by atoms with Crippen molar-refractivity contribution in [2.24, 2.45) is 11.7 Å². The number of unbranched alkanes of at least 4 members (excludes halogenated alkanes) is 1. The first-order chi connectivity index (χ1) is 9.33. The number of nitrogens with two attached hydrogens (primary N) is 1. The molecule has 0 aromatic rings. The number of carbonyl (C=O) groups is 3. The Labute approximate surface area is 121 Å². The van der Waals surface area contributed by atoms with Crippen LogP contribution in [0.25, 0.3) is 0 Å². The molecule has 0 spiro atoms. The molecule has 20 heavy (non-hydrogen) atoms. The Morgan fingerprint density at radius 3 is 2.20 bits per heavy atom. The molecule has 0 fully saturated rings. The summed E-state index contributed by atoms with van der Waals surface area (Å²) in [7, 11) is 0. The molecule has 0 radical (unpaired) electrons. The number of carbonyl (C=O) groups excluding carboxylic acids is 3. The maximum atomic E-state index is 12.0. The lowest BCUT2D eigenvalue weighted by atomic mass is 9.99. The monoisotopic (exact) mass is 284 g/mol. The van der Waals surface area contributed by atoms with Gasteiger partial charge in [-0.05, 0) is 18.8 Å². The highest BCUT2D eigenvalue weighted by molar-refractivity contribution is 6.39. The van der Waals surface area contributed by atoms with E-state index in [9.17, 15) is 14.4 Å². The highest BCUT2D eigenvalue weighted by Gasteiger charge is 2.27. The molecule has 0 aliphatic heterocycles. The summed E-state index contributed by atoms with van der Waals surface area (Å²) < 4.78 is 0. The number of nitrogens with one attached hydrogen (secondary N) is 1. The van der Waals surface area contributed by atoms with Crippen molar-refractivity contribution < 1.29 is 14.4 Å². The fourth-order valence-corrected chi connectivity index (χ4v) is 1.94. The first kappa shape index (κ1) is 18.8. The van der Waals surface area contributed by atoms with Crippen LogP contribution in [-0.2, 0) is 14.4 Å². The molecule has 5 heteroatoms. The third-order valence-corrected chi connectivity index (χ3v) is 3.14. The van der Waals surface area contributed by atoms with Crippen molar-refractivity contribution in [2.75, 3.05) is 0 Å². The summed E-state index contributed by atoms with van der Waals surface area (Å²) in [6.45, 7) is 7.60. The van der Waals surface area contributed by atoms with Crippen LogP contribution in [0.2, 0.25) is 0 Å². The van der Waals surface area contributed by atoms with Crippen LogP contribution in [0.1, 0.15) is 59.8 Å². The zero-order valence-corrected chi connectivity index (χ0v) is 13.1. The molecule has 116 valence electrons. The van der Waals surface area contributed by atoms with Crippen molar-refractivity contribution in [3.63, 3.8) is 0 Å². The summed E-state index contributed by atoms with van der Waals surface area (Å²) in [6.07, 6.45) is 2.89. The number of hydrogen-bond acceptors (Lipinski definition) is 4. The third kappa shape index (κ3) is 6.80. The molecule has 0 aromatic carbocycles. The molecule has 0 aromatic heterocycles. The van der Waals surface area contributed by atoms with E-state index in [0.717, 1.165) is 12.8 Å². The van der Waals surface area contributed by atoms with Crippen LogP contribution in [0.5, 0.6) is 0 Å². The van der Waals surface area contributed by atoms with Crippen LogP contribution in [0.4, 0.5) is 0 Å². The average Bonchev–Trinajstić information content (AvgIpc) is 2.40. The predicted molar refractivity (Wildman–Crippen MR) is 79.2 cm³/mol. The van der Waals surface area contributed by atoms with Crippen molar-refractivity contribution in [3.8, 4) is 0 Å². The normalized spacial score (nSPS) is 13.9. The van der Waals surface area contributed by atoms with Crippen molar-refractivity contribution in [1.29, 1.82) is 0 Å². The molecule has 0 heterocycles. The van der Waals surface area contributed by atoms with E-state index in [1.165, 1.54) is 0 Å². The molecule has 0 bridgehead atoms. The van der Waals surface area contributed by atoms with E-state index in [2.05, 4.69) is 5.32 Å². The zero-order valence-electron chi connectivity index (χ0n) is 13.1. The fourth-order valence-electron chi connectivity index (χ4n) is 1.94. The van der Waals surface area contributed by atoms with Gasteiger partial charge in [0.15, 0.2) is 5.78 Å². The van der Waals surface area contributed by atoms with E-state index in [-0.39, 0.29) is 12.3 Å². The molecule has 0 aliphatic rings. The molecule has 2 atom stereocenters. The van der Waals surface area contributed by atoms with Gasteiger partial charge in [0.25, 0.3) is 0 Å². The molecule has 0 aliphatic carbocycles. The number of amides is 1. The second kappa shape index (κ2) is 9.64. The first-order valence-corrected chi connectivity index (χ1v) is 7.46. The quantitative estimate of drug-likeness (QED) is 0.596. The smallest absolute Gasteiger partial charge is 0.237 e. The van der Waals surface area contributed by atoms with Crippen molar-refractivity contribution in [2.45, 2.75) is 71.9 Å². The lowest BCUT2D eigenvalue weighted by Gasteiger charge is -2.20. The van der Waals surface area contributed by atoms with Gasteiger partial charge in [0, 0.05) is 6.42 Å². The zero-order chi connectivity index (χ0) is 15.7. The average molecular weight is 284 g/mol. The minimum atomic E-state index is -0.729. The SMILES string of the molecule is CCCCC(NC(=O)[C@@H](N)CC(C)C)C(=O)C(=O)CC. The van der Waals surface area contributed by atoms with E-state index in [1.807, 2.05) is 20.8 Å². The van der Waals surface area contributed by atoms with Gasteiger partial charge in [0.1, 0.15) is 0 Å². The van der Waals surface area contributed by atoms with Gasteiger partial charge in [-0.25, -0.2) is 0 Å². The van der Waals surface area contributed by atoms with Gasteiger partial charge < -0.3 is 11.1 Å². The van der Waals surface area contributed by atoms with Crippen LogP contribution in [-0.4, -0.2) is 29.6 Å². The number of ketones is 2. The Morgan fingerprint density at radius 2 is 1.75 bits per heavy atom.